The van der Waals surface area contributed by atoms with Crippen molar-refractivity contribution in [3.63, 3.8) is 0 Å². The molecular weight excluding hydrogens is 499 g/mol. The van der Waals surface area contributed by atoms with Crippen molar-refractivity contribution in [1.82, 2.24) is 10.6 Å². The predicted molar refractivity (Wildman–Crippen MR) is 154 cm³/mol. The van der Waals surface area contributed by atoms with Crippen LogP contribution >= 0.6 is 0 Å². The van der Waals surface area contributed by atoms with E-state index in [1.807, 2.05) is 42.5 Å². The molecule has 5 aliphatic rings. The van der Waals surface area contributed by atoms with Gasteiger partial charge in [-0.05, 0) is 85.8 Å². The summed E-state index contributed by atoms with van der Waals surface area (Å²) in [5.41, 5.74) is 2.95. The van der Waals surface area contributed by atoms with E-state index >= 15 is 0 Å². The molecule has 7 rings (SSSR count). The second kappa shape index (κ2) is 9.73. The van der Waals surface area contributed by atoms with Crippen LogP contribution in [0.4, 0.5) is 0 Å². The molecule has 2 amide bonds. The van der Waals surface area contributed by atoms with Crippen LogP contribution in [0.5, 0.6) is 0 Å². The van der Waals surface area contributed by atoms with Gasteiger partial charge in [0.15, 0.2) is 0 Å². The van der Waals surface area contributed by atoms with Crippen molar-refractivity contribution < 1.29 is 18.9 Å². The Morgan fingerprint density at radius 1 is 1.02 bits per heavy atom. The highest BCUT2D eigenvalue weighted by atomic mass is 16.7. The zero-order valence-electron chi connectivity index (χ0n) is 23.9. The number of amides is 2. The topological polar surface area (TPSA) is 76.7 Å². The Morgan fingerprint density at radius 2 is 1.80 bits per heavy atom. The van der Waals surface area contributed by atoms with Gasteiger partial charge in [0.05, 0.1) is 23.1 Å². The summed E-state index contributed by atoms with van der Waals surface area (Å²) in [5.74, 6) is 1.67. The number of aryl methyl sites for hydroxylation is 1. The lowest BCUT2D eigenvalue weighted by Crippen LogP contribution is -2.73. The van der Waals surface area contributed by atoms with Gasteiger partial charge in [-0.15, -0.1) is 0 Å². The molecule has 2 aromatic carbocycles. The molecule has 3 unspecified atom stereocenters. The molecule has 1 saturated heterocycles. The molecule has 3 saturated carbocycles. The highest BCUT2D eigenvalue weighted by Crippen LogP contribution is 2.81. The first-order valence-electron chi connectivity index (χ1n) is 15.4. The fraction of sp³-hybridized carbons (Fsp3) is 0.576. The van der Waals surface area contributed by atoms with E-state index in [2.05, 4.69) is 43.5 Å². The third-order valence-corrected chi connectivity index (χ3v) is 10.6. The Balaban J connectivity index is 1.10. The minimum absolute atomic E-state index is 0.0708. The molecule has 0 bridgehead atoms. The van der Waals surface area contributed by atoms with E-state index in [0.29, 0.717) is 24.2 Å². The van der Waals surface area contributed by atoms with Gasteiger partial charge < -0.3 is 19.9 Å². The van der Waals surface area contributed by atoms with E-state index in [9.17, 15) is 9.59 Å². The Kier molecular flexibility index (Phi) is 6.39. The molecule has 6 nitrogen and oxygen atoms in total. The van der Waals surface area contributed by atoms with Crippen LogP contribution < -0.4 is 10.6 Å². The van der Waals surface area contributed by atoms with E-state index in [4.69, 9.17) is 9.31 Å². The summed E-state index contributed by atoms with van der Waals surface area (Å²) in [6, 6.07) is 17.5. The summed E-state index contributed by atoms with van der Waals surface area (Å²) >= 11 is 0. The average molecular weight is 541 g/mol. The molecule has 2 aromatic rings. The second-order valence-electron chi connectivity index (χ2n) is 13.6. The van der Waals surface area contributed by atoms with Crippen molar-refractivity contribution in [3.05, 3.63) is 71.3 Å². The summed E-state index contributed by atoms with van der Waals surface area (Å²) in [7, 11) is -0.457. The molecule has 1 aliphatic heterocycles. The van der Waals surface area contributed by atoms with Gasteiger partial charge in [-0.3, -0.25) is 9.59 Å². The highest BCUT2D eigenvalue weighted by molar-refractivity contribution is 6.48. The molecule has 0 aromatic heterocycles. The van der Waals surface area contributed by atoms with Crippen molar-refractivity contribution in [2.24, 2.45) is 23.7 Å². The molecule has 1 spiro atoms. The molecule has 40 heavy (non-hydrogen) atoms. The first-order valence-corrected chi connectivity index (χ1v) is 15.4. The number of fused-ring (bicyclic) bond motifs is 3. The molecule has 0 radical (unpaired) electrons. The van der Waals surface area contributed by atoms with Crippen molar-refractivity contribution in [2.75, 3.05) is 0 Å². The van der Waals surface area contributed by atoms with E-state index in [1.165, 1.54) is 12.0 Å². The number of benzene rings is 2. The third-order valence-electron chi connectivity index (χ3n) is 10.6. The van der Waals surface area contributed by atoms with Crippen LogP contribution in [-0.4, -0.2) is 42.1 Å². The van der Waals surface area contributed by atoms with Gasteiger partial charge in [0.1, 0.15) is 6.04 Å². The van der Waals surface area contributed by atoms with Crippen LogP contribution in [0.2, 0.25) is 0 Å². The number of carbonyl (C=O) groups excluding carboxylic acids is 2. The second-order valence-corrected chi connectivity index (χ2v) is 13.6. The minimum atomic E-state index is -0.685. The molecule has 1 heterocycles. The summed E-state index contributed by atoms with van der Waals surface area (Å²) in [6.07, 6.45) is 6.27. The summed E-state index contributed by atoms with van der Waals surface area (Å²) in [5, 5.41) is 6.47. The van der Waals surface area contributed by atoms with E-state index in [-0.39, 0.29) is 34.9 Å². The summed E-state index contributed by atoms with van der Waals surface area (Å²) in [6.45, 7) is 6.53. The van der Waals surface area contributed by atoms with Crippen LogP contribution in [0.1, 0.15) is 75.5 Å². The Bertz CT molecular complexity index is 1300. The number of nitrogens with one attached hydrogen (secondary N) is 2. The summed E-state index contributed by atoms with van der Waals surface area (Å²) in [4.78, 5) is 27.7. The first kappa shape index (κ1) is 26.3. The Morgan fingerprint density at radius 3 is 2.58 bits per heavy atom. The minimum Gasteiger partial charge on any atom is -0.402 e. The zero-order valence-corrected chi connectivity index (χ0v) is 23.9. The largest absolute Gasteiger partial charge is 0.481 e. The average Bonchev–Trinajstić information content (AvgIpc) is 3.62. The molecular formula is C33H41BN2O4. The zero-order chi connectivity index (χ0) is 27.6. The fourth-order valence-corrected chi connectivity index (χ4v) is 8.63. The highest BCUT2D eigenvalue weighted by Gasteiger charge is 2.88. The Labute approximate surface area is 238 Å². The van der Waals surface area contributed by atoms with Crippen LogP contribution in [0.15, 0.2) is 54.6 Å². The summed E-state index contributed by atoms with van der Waals surface area (Å²) < 4.78 is 13.4. The molecule has 7 heteroatoms. The number of hydrogen-bond acceptors (Lipinski definition) is 4. The van der Waals surface area contributed by atoms with E-state index < -0.39 is 13.2 Å². The van der Waals surface area contributed by atoms with Crippen LogP contribution in [0, 0.1) is 23.7 Å². The van der Waals surface area contributed by atoms with Crippen LogP contribution in [-0.2, 0) is 31.7 Å². The van der Waals surface area contributed by atoms with Crippen molar-refractivity contribution in [2.45, 2.75) is 94.8 Å². The quantitative estimate of drug-likeness (QED) is 0.456. The maximum Gasteiger partial charge on any atom is 0.481 e. The van der Waals surface area contributed by atoms with Gasteiger partial charge >= 0.3 is 7.12 Å². The van der Waals surface area contributed by atoms with E-state index in [1.54, 1.807) is 0 Å². The first-order chi connectivity index (χ1) is 19.3. The van der Waals surface area contributed by atoms with Crippen molar-refractivity contribution in [1.29, 1.82) is 0 Å². The lowest BCUT2D eigenvalue weighted by molar-refractivity contribution is -0.240. The lowest BCUT2D eigenvalue weighted by atomic mass is 9.47. The maximum atomic E-state index is 14.0. The van der Waals surface area contributed by atoms with Gasteiger partial charge in [-0.2, -0.15) is 0 Å². The van der Waals surface area contributed by atoms with E-state index in [0.717, 1.165) is 49.1 Å². The molecule has 210 valence electrons. The van der Waals surface area contributed by atoms with Gasteiger partial charge in [-0.1, -0.05) is 68.4 Å². The molecule has 4 aliphatic carbocycles. The normalized spacial score (nSPS) is 34.2. The van der Waals surface area contributed by atoms with Gasteiger partial charge in [-0.25, -0.2) is 0 Å². The van der Waals surface area contributed by atoms with Crippen molar-refractivity contribution in [3.8, 4) is 0 Å². The standard InChI is InChI=1S/C33H41BN2O4/c1-20(2)16-29(34-39-32(3)19-27-25-18-26(25)33(27,32)40-34)36-31(38)28(17-21-10-5-4-6-11-21)35-30(37)24-15-9-13-22-12-7-8-14-23(22)24/h4-8,10-12,14,20,24-29H,9,13,15-19H2,1-3H3,(H,35,37)(H,36,38)/t24-,25?,26?,27?,28-,29-,32+,33-/m0/s1. The predicted octanol–water partition coefficient (Wildman–Crippen LogP) is 4.61. The number of hydrogen-bond donors (Lipinski definition) is 2. The molecule has 4 fully saturated rings. The Hall–Kier alpha value is -2.64. The maximum absolute atomic E-state index is 14.0. The monoisotopic (exact) mass is 540 g/mol. The van der Waals surface area contributed by atoms with Gasteiger partial charge in [0.25, 0.3) is 0 Å². The smallest absolute Gasteiger partial charge is 0.402 e. The van der Waals surface area contributed by atoms with Crippen LogP contribution in [0.25, 0.3) is 0 Å². The molecule has 8 atom stereocenters. The SMILES string of the molecule is CC(C)C[C@H](NC(=O)[C@H](Cc1ccccc1)NC(=O)[C@H]1CCCc2ccccc21)B1O[C@@]23C4CC4C2C[C@@]3(C)O1. The number of rotatable bonds is 9. The van der Waals surface area contributed by atoms with Crippen LogP contribution in [0.3, 0.4) is 0 Å². The van der Waals surface area contributed by atoms with Gasteiger partial charge in [0.2, 0.25) is 11.8 Å². The van der Waals surface area contributed by atoms with Gasteiger partial charge in [0, 0.05) is 6.42 Å². The number of carbonyl (C=O) groups is 2. The molecule has 2 N–H and O–H groups in total. The lowest BCUT2D eigenvalue weighted by Gasteiger charge is -2.64. The third kappa shape index (κ3) is 4.15. The van der Waals surface area contributed by atoms with Crippen molar-refractivity contribution >= 4 is 18.9 Å². The fourth-order valence-electron chi connectivity index (χ4n) is 8.63.